The lowest BCUT2D eigenvalue weighted by atomic mass is 9.91. The van der Waals surface area contributed by atoms with Gasteiger partial charge < -0.3 is 42.8 Å². The minimum atomic E-state index is -0.780. The Morgan fingerprint density at radius 1 is 0.796 bits per heavy atom. The first kappa shape index (κ1) is 41.6. The van der Waals surface area contributed by atoms with Gasteiger partial charge in [0.25, 0.3) is 0 Å². The van der Waals surface area contributed by atoms with Crippen molar-refractivity contribution in [1.29, 1.82) is 0 Å². The number of amides is 1. The van der Waals surface area contributed by atoms with Gasteiger partial charge >= 0.3 is 11.9 Å². The third-order valence-electron chi connectivity index (χ3n) is 9.26. The van der Waals surface area contributed by atoms with Crippen molar-refractivity contribution < 1.29 is 52.3 Å². The summed E-state index contributed by atoms with van der Waals surface area (Å²) in [7, 11) is 7.76. The standard InChI is InChI=1S/C42H55NO11/c1-10-31(29-24-36(49-7)39(51-9)37(25-29)50-8)40(45)43-21-12-11-16-32(43)41(46)53-33(19-17-27-18-20-34(47-5)35(22-27)48-6)28-14-13-15-30(23-28)52-26-38(44)54-42(2,3)4/h13-15,18,20,22-25,31-33H,10-12,16-17,19,21,26H2,1-9H3/t31-,32-,33+/m0/s1. The number of hydrogen-bond donors (Lipinski definition) is 0. The number of hydrogen-bond acceptors (Lipinski definition) is 11. The van der Waals surface area contributed by atoms with Crippen LogP contribution in [-0.4, -0.2) is 83.1 Å². The number of carbonyl (C=O) groups excluding carboxylic acids is 3. The summed E-state index contributed by atoms with van der Waals surface area (Å²) in [4.78, 5) is 42.7. The molecule has 1 fully saturated rings. The van der Waals surface area contributed by atoms with E-state index >= 15 is 0 Å². The number of piperidine rings is 1. The SMILES string of the molecule is CC[C@H](C(=O)N1CCCC[C@H]1C(=O)O[C@H](CCc1ccc(OC)c(OC)c1)c1cccc(OCC(=O)OC(C)(C)C)c1)c1cc(OC)c(OC)c(OC)c1. The van der Waals surface area contributed by atoms with E-state index in [0.717, 1.165) is 18.4 Å². The molecular weight excluding hydrogens is 694 g/mol. The van der Waals surface area contributed by atoms with Crippen LogP contribution in [-0.2, 0) is 30.3 Å². The van der Waals surface area contributed by atoms with E-state index in [1.54, 1.807) is 70.2 Å². The van der Waals surface area contributed by atoms with Crippen LogP contribution < -0.4 is 28.4 Å². The highest BCUT2D eigenvalue weighted by Crippen LogP contribution is 2.41. The fourth-order valence-electron chi connectivity index (χ4n) is 6.66. The first-order valence-corrected chi connectivity index (χ1v) is 18.3. The van der Waals surface area contributed by atoms with Gasteiger partial charge in [0.1, 0.15) is 23.5 Å². The Kier molecular flexibility index (Phi) is 14.9. The third-order valence-corrected chi connectivity index (χ3v) is 9.26. The van der Waals surface area contributed by atoms with Crippen LogP contribution in [0, 0.1) is 0 Å². The molecule has 0 radical (unpaired) electrons. The molecule has 3 atom stereocenters. The Morgan fingerprint density at radius 3 is 2.09 bits per heavy atom. The molecule has 0 aliphatic carbocycles. The zero-order valence-corrected chi connectivity index (χ0v) is 33.0. The van der Waals surface area contributed by atoms with Gasteiger partial charge in [0.15, 0.2) is 29.6 Å². The second-order valence-electron chi connectivity index (χ2n) is 14.1. The highest BCUT2D eigenvalue weighted by atomic mass is 16.6. The van der Waals surface area contributed by atoms with Crippen molar-refractivity contribution in [1.82, 2.24) is 4.90 Å². The normalized spacial score (nSPS) is 15.4. The van der Waals surface area contributed by atoms with E-state index in [4.69, 9.17) is 37.9 Å². The fourth-order valence-corrected chi connectivity index (χ4v) is 6.66. The molecule has 294 valence electrons. The van der Waals surface area contributed by atoms with Crippen LogP contribution in [0.25, 0.3) is 0 Å². The van der Waals surface area contributed by atoms with E-state index < -0.39 is 35.6 Å². The average molecular weight is 750 g/mol. The van der Waals surface area contributed by atoms with Crippen LogP contribution in [0.2, 0.25) is 0 Å². The summed E-state index contributed by atoms with van der Waals surface area (Å²) in [6, 6.07) is 15.6. The van der Waals surface area contributed by atoms with Crippen LogP contribution in [0.5, 0.6) is 34.5 Å². The maximum atomic E-state index is 14.4. The summed E-state index contributed by atoms with van der Waals surface area (Å²) in [6.45, 7) is 7.45. The van der Waals surface area contributed by atoms with Gasteiger partial charge in [-0.2, -0.15) is 0 Å². The summed E-state index contributed by atoms with van der Waals surface area (Å²) in [5, 5.41) is 0. The van der Waals surface area contributed by atoms with Crippen molar-refractivity contribution in [2.75, 3.05) is 48.7 Å². The van der Waals surface area contributed by atoms with Gasteiger partial charge in [0, 0.05) is 6.54 Å². The first-order chi connectivity index (χ1) is 25.9. The van der Waals surface area contributed by atoms with E-state index in [-0.39, 0.29) is 12.5 Å². The Hall–Kier alpha value is -5.13. The van der Waals surface area contributed by atoms with Crippen LogP contribution >= 0.6 is 0 Å². The lowest BCUT2D eigenvalue weighted by molar-refractivity contribution is -0.162. The van der Waals surface area contributed by atoms with E-state index in [1.165, 1.54) is 21.3 Å². The molecule has 0 spiro atoms. The van der Waals surface area contributed by atoms with Gasteiger partial charge in [0.2, 0.25) is 11.7 Å². The van der Waals surface area contributed by atoms with Crippen molar-refractivity contribution in [3.8, 4) is 34.5 Å². The average Bonchev–Trinajstić information content (AvgIpc) is 3.17. The Morgan fingerprint density at radius 2 is 1.48 bits per heavy atom. The van der Waals surface area contributed by atoms with E-state index in [1.807, 2.05) is 31.2 Å². The summed E-state index contributed by atoms with van der Waals surface area (Å²) >= 11 is 0. The molecule has 12 nitrogen and oxygen atoms in total. The van der Waals surface area contributed by atoms with Gasteiger partial charge in [-0.1, -0.05) is 25.1 Å². The van der Waals surface area contributed by atoms with Gasteiger partial charge in [-0.05, 0) is 112 Å². The van der Waals surface area contributed by atoms with Crippen LogP contribution in [0.15, 0.2) is 54.6 Å². The van der Waals surface area contributed by atoms with Gasteiger partial charge in [-0.15, -0.1) is 0 Å². The molecule has 1 saturated heterocycles. The highest BCUT2D eigenvalue weighted by Gasteiger charge is 2.38. The van der Waals surface area contributed by atoms with E-state index in [0.29, 0.717) is 77.9 Å². The maximum absolute atomic E-state index is 14.4. The monoisotopic (exact) mass is 749 g/mol. The maximum Gasteiger partial charge on any atom is 0.344 e. The minimum absolute atomic E-state index is 0.173. The van der Waals surface area contributed by atoms with Crippen molar-refractivity contribution >= 4 is 17.8 Å². The van der Waals surface area contributed by atoms with Crippen molar-refractivity contribution in [3.05, 3.63) is 71.3 Å². The zero-order valence-electron chi connectivity index (χ0n) is 33.0. The van der Waals surface area contributed by atoms with E-state index in [9.17, 15) is 14.4 Å². The van der Waals surface area contributed by atoms with Crippen LogP contribution in [0.4, 0.5) is 0 Å². The van der Waals surface area contributed by atoms with Gasteiger partial charge in [-0.3, -0.25) is 4.79 Å². The second-order valence-corrected chi connectivity index (χ2v) is 14.1. The molecule has 4 rings (SSSR count). The number of rotatable bonds is 17. The highest BCUT2D eigenvalue weighted by molar-refractivity contribution is 5.89. The molecule has 3 aromatic carbocycles. The Bertz CT molecular complexity index is 1710. The number of benzene rings is 3. The van der Waals surface area contributed by atoms with Crippen LogP contribution in [0.1, 0.15) is 88.5 Å². The second kappa shape index (κ2) is 19.3. The predicted molar refractivity (Wildman–Crippen MR) is 203 cm³/mol. The Balaban J connectivity index is 1.61. The molecular formula is C42H55NO11. The van der Waals surface area contributed by atoms with Crippen molar-refractivity contribution in [3.63, 3.8) is 0 Å². The third kappa shape index (κ3) is 10.7. The predicted octanol–water partition coefficient (Wildman–Crippen LogP) is 7.24. The molecule has 1 aliphatic heterocycles. The number of nitrogens with zero attached hydrogens (tertiary/aromatic N) is 1. The quantitative estimate of drug-likeness (QED) is 0.130. The number of likely N-dealkylation sites (tertiary alicyclic amines) is 1. The molecule has 0 N–H and O–H groups in total. The molecule has 1 amide bonds. The van der Waals surface area contributed by atoms with E-state index in [2.05, 4.69) is 0 Å². The minimum Gasteiger partial charge on any atom is -0.493 e. The molecule has 1 aliphatic rings. The molecule has 0 aromatic heterocycles. The topological polar surface area (TPSA) is 128 Å². The smallest absolute Gasteiger partial charge is 0.344 e. The molecule has 12 heteroatoms. The van der Waals surface area contributed by atoms with Crippen molar-refractivity contribution in [2.45, 2.75) is 89.9 Å². The number of aryl methyl sites for hydroxylation is 1. The summed E-state index contributed by atoms with van der Waals surface area (Å²) in [5.41, 5.74) is 1.69. The molecule has 3 aromatic rings. The van der Waals surface area contributed by atoms with Crippen LogP contribution in [0.3, 0.4) is 0 Å². The summed E-state index contributed by atoms with van der Waals surface area (Å²) < 4.78 is 45.1. The fraction of sp³-hybridized carbons (Fsp3) is 0.500. The molecule has 1 heterocycles. The Labute approximate surface area is 318 Å². The van der Waals surface area contributed by atoms with Gasteiger partial charge in [-0.25, -0.2) is 9.59 Å². The zero-order chi connectivity index (χ0) is 39.4. The van der Waals surface area contributed by atoms with Crippen molar-refractivity contribution in [2.24, 2.45) is 0 Å². The largest absolute Gasteiger partial charge is 0.493 e. The number of carbonyl (C=O) groups is 3. The number of methoxy groups -OCH3 is 5. The molecule has 0 saturated carbocycles. The molecule has 0 bridgehead atoms. The van der Waals surface area contributed by atoms with Gasteiger partial charge in [0.05, 0.1) is 41.5 Å². The summed E-state index contributed by atoms with van der Waals surface area (Å²) in [6.07, 6.45) is 2.74. The first-order valence-electron chi connectivity index (χ1n) is 18.3. The molecule has 0 unspecified atom stereocenters. The number of esters is 2. The molecule has 54 heavy (non-hydrogen) atoms. The summed E-state index contributed by atoms with van der Waals surface area (Å²) in [5.74, 6) is 1.24. The lowest BCUT2D eigenvalue weighted by Gasteiger charge is -2.37. The number of ether oxygens (including phenoxy) is 8. The lowest BCUT2D eigenvalue weighted by Crippen LogP contribution is -2.50.